The van der Waals surface area contributed by atoms with Crippen LogP contribution in [-0.2, 0) is 4.79 Å². The molecule has 1 N–H and O–H groups in total. The van der Waals surface area contributed by atoms with E-state index in [1.165, 1.54) is 13.8 Å². The average Bonchev–Trinajstić information content (AvgIpc) is 2.39. The SMILES string of the molecule is CCC(CC(C)(C)F)C(=O)/C=C(\O)C(CC)(CC)CC(F)(F)F. The smallest absolute Gasteiger partial charge is 0.390 e. The molecule has 23 heavy (non-hydrogen) atoms. The third-order valence-corrected chi connectivity index (χ3v) is 4.34. The van der Waals surface area contributed by atoms with Crippen LogP contribution in [0.25, 0.3) is 0 Å². The molecule has 0 bridgehead atoms. The molecule has 0 aliphatic rings. The number of carbonyl (C=O) groups is 1. The molecule has 0 spiro atoms. The molecule has 0 aliphatic carbocycles. The second-order valence-corrected chi connectivity index (χ2v) is 6.74. The van der Waals surface area contributed by atoms with E-state index in [1.54, 1.807) is 20.8 Å². The summed E-state index contributed by atoms with van der Waals surface area (Å²) in [5.41, 5.74) is -3.06. The van der Waals surface area contributed by atoms with Gasteiger partial charge in [0.15, 0.2) is 5.78 Å². The van der Waals surface area contributed by atoms with Crippen molar-refractivity contribution in [2.75, 3.05) is 0 Å². The van der Waals surface area contributed by atoms with Crippen molar-refractivity contribution in [1.82, 2.24) is 0 Å². The van der Waals surface area contributed by atoms with Crippen molar-refractivity contribution in [3.63, 3.8) is 0 Å². The van der Waals surface area contributed by atoms with E-state index in [2.05, 4.69) is 0 Å². The van der Waals surface area contributed by atoms with E-state index in [9.17, 15) is 27.5 Å². The summed E-state index contributed by atoms with van der Waals surface area (Å²) >= 11 is 0. The summed E-state index contributed by atoms with van der Waals surface area (Å²) in [7, 11) is 0. The van der Waals surface area contributed by atoms with Crippen LogP contribution in [0.1, 0.15) is 66.7 Å². The van der Waals surface area contributed by atoms with Gasteiger partial charge in [0.1, 0.15) is 11.4 Å². The highest BCUT2D eigenvalue weighted by atomic mass is 19.4. The maximum Gasteiger partial charge on any atom is 0.390 e. The van der Waals surface area contributed by atoms with E-state index in [0.717, 1.165) is 6.08 Å². The molecule has 0 aromatic rings. The predicted molar refractivity (Wildman–Crippen MR) is 83.0 cm³/mol. The van der Waals surface area contributed by atoms with Gasteiger partial charge in [-0.1, -0.05) is 20.8 Å². The van der Waals surface area contributed by atoms with Gasteiger partial charge < -0.3 is 5.11 Å². The normalized spacial score (nSPS) is 15.6. The van der Waals surface area contributed by atoms with Crippen molar-refractivity contribution in [3.05, 3.63) is 11.8 Å². The highest BCUT2D eigenvalue weighted by molar-refractivity contribution is 5.92. The average molecular weight is 340 g/mol. The Morgan fingerprint density at radius 3 is 1.87 bits per heavy atom. The van der Waals surface area contributed by atoms with Gasteiger partial charge in [0.25, 0.3) is 0 Å². The van der Waals surface area contributed by atoms with Gasteiger partial charge in [-0.3, -0.25) is 4.79 Å². The van der Waals surface area contributed by atoms with E-state index in [1.807, 2.05) is 0 Å². The largest absolute Gasteiger partial charge is 0.512 e. The number of aliphatic hydroxyl groups is 1. The Morgan fingerprint density at radius 2 is 1.57 bits per heavy atom. The molecular weight excluding hydrogens is 312 g/mol. The van der Waals surface area contributed by atoms with Crippen molar-refractivity contribution < 1.29 is 27.5 Å². The minimum atomic E-state index is -4.44. The molecule has 2 nitrogen and oxygen atoms in total. The van der Waals surface area contributed by atoms with E-state index in [-0.39, 0.29) is 19.3 Å². The Kier molecular flexibility index (Phi) is 7.77. The summed E-state index contributed by atoms with van der Waals surface area (Å²) in [5.74, 6) is -1.74. The van der Waals surface area contributed by atoms with Crippen LogP contribution in [0.4, 0.5) is 17.6 Å². The van der Waals surface area contributed by atoms with Gasteiger partial charge in [-0.25, -0.2) is 4.39 Å². The fourth-order valence-corrected chi connectivity index (χ4v) is 2.77. The molecule has 0 aromatic carbocycles. The first-order valence-corrected chi connectivity index (χ1v) is 8.01. The number of ketones is 1. The second-order valence-electron chi connectivity index (χ2n) is 6.74. The third kappa shape index (κ3) is 7.36. The number of aliphatic hydroxyl groups excluding tert-OH is 1. The van der Waals surface area contributed by atoms with E-state index in [4.69, 9.17) is 0 Å². The first kappa shape index (κ1) is 21.9. The molecule has 1 unspecified atom stereocenters. The van der Waals surface area contributed by atoms with Crippen LogP contribution in [0.5, 0.6) is 0 Å². The Hall–Kier alpha value is -1.07. The second kappa shape index (κ2) is 8.15. The monoisotopic (exact) mass is 340 g/mol. The van der Waals surface area contributed by atoms with Crippen molar-refractivity contribution in [3.8, 4) is 0 Å². The Balaban J connectivity index is 5.44. The molecule has 0 heterocycles. The maximum absolute atomic E-state index is 13.7. The predicted octanol–water partition coefficient (Wildman–Crippen LogP) is 5.92. The number of hydrogen-bond donors (Lipinski definition) is 1. The molecule has 0 aromatic heterocycles. The number of carbonyl (C=O) groups excluding carboxylic acids is 1. The summed E-state index contributed by atoms with van der Waals surface area (Å²) in [4.78, 5) is 12.2. The van der Waals surface area contributed by atoms with E-state index < -0.39 is 41.1 Å². The molecule has 0 saturated heterocycles. The summed E-state index contributed by atoms with van der Waals surface area (Å²) in [6.07, 6.45) is -4.31. The fourth-order valence-electron chi connectivity index (χ4n) is 2.77. The molecule has 0 radical (unpaired) electrons. The topological polar surface area (TPSA) is 37.3 Å². The number of rotatable bonds is 9. The quantitative estimate of drug-likeness (QED) is 0.321. The highest BCUT2D eigenvalue weighted by Crippen LogP contribution is 2.43. The number of hydrogen-bond acceptors (Lipinski definition) is 2. The zero-order valence-corrected chi connectivity index (χ0v) is 14.6. The molecule has 0 amide bonds. The van der Waals surface area contributed by atoms with Crippen molar-refractivity contribution in [2.24, 2.45) is 11.3 Å². The maximum atomic E-state index is 13.7. The Morgan fingerprint density at radius 1 is 1.09 bits per heavy atom. The molecule has 136 valence electrons. The summed E-state index contributed by atoms with van der Waals surface area (Å²) in [6.45, 7) is 7.50. The van der Waals surface area contributed by atoms with Gasteiger partial charge in [0.2, 0.25) is 0 Å². The summed E-state index contributed by atoms with van der Waals surface area (Å²) in [5, 5.41) is 10.2. The van der Waals surface area contributed by atoms with Gasteiger partial charge in [-0.2, -0.15) is 13.2 Å². The molecule has 0 aliphatic heterocycles. The number of alkyl halides is 4. The van der Waals surface area contributed by atoms with Crippen LogP contribution in [-0.4, -0.2) is 22.7 Å². The van der Waals surface area contributed by atoms with E-state index >= 15 is 0 Å². The summed E-state index contributed by atoms with van der Waals surface area (Å²) in [6, 6.07) is 0. The minimum absolute atomic E-state index is 0.0311. The summed E-state index contributed by atoms with van der Waals surface area (Å²) < 4.78 is 52.1. The molecule has 1 atom stereocenters. The van der Waals surface area contributed by atoms with Crippen molar-refractivity contribution in [2.45, 2.75) is 78.6 Å². The molecule has 0 fully saturated rings. The zero-order valence-electron chi connectivity index (χ0n) is 14.6. The fraction of sp³-hybridized carbons (Fsp3) is 0.824. The lowest BCUT2D eigenvalue weighted by Gasteiger charge is -2.32. The molecular formula is C17H28F4O2. The van der Waals surface area contributed by atoms with Gasteiger partial charge in [0.05, 0.1) is 6.42 Å². The van der Waals surface area contributed by atoms with Crippen molar-refractivity contribution in [1.29, 1.82) is 0 Å². The Bertz CT molecular complexity index is 415. The van der Waals surface area contributed by atoms with Crippen LogP contribution in [0.2, 0.25) is 0 Å². The molecule has 6 heteroatoms. The first-order valence-electron chi connectivity index (χ1n) is 8.01. The van der Waals surface area contributed by atoms with Crippen LogP contribution in [0, 0.1) is 11.3 Å². The molecule has 0 saturated carbocycles. The van der Waals surface area contributed by atoms with Crippen LogP contribution < -0.4 is 0 Å². The Labute approximate surface area is 136 Å². The van der Waals surface area contributed by atoms with Gasteiger partial charge in [-0.15, -0.1) is 0 Å². The highest BCUT2D eigenvalue weighted by Gasteiger charge is 2.43. The number of allylic oxidation sites excluding steroid dienone is 2. The lowest BCUT2D eigenvalue weighted by Crippen LogP contribution is -2.30. The lowest BCUT2D eigenvalue weighted by atomic mass is 9.76. The van der Waals surface area contributed by atoms with Gasteiger partial charge in [-0.05, 0) is 39.5 Å². The standard InChI is InChI=1S/C17H28F4O2/c1-6-12(10-15(4,5)18)13(22)9-14(23)16(7-2,8-3)11-17(19,20)21/h9,12,23H,6-8,10-11H2,1-5H3/b14-9-. The minimum Gasteiger partial charge on any atom is -0.512 e. The van der Waals surface area contributed by atoms with Crippen LogP contribution >= 0.6 is 0 Å². The van der Waals surface area contributed by atoms with Crippen molar-refractivity contribution >= 4 is 5.78 Å². The zero-order chi connectivity index (χ0) is 18.5. The third-order valence-electron chi connectivity index (χ3n) is 4.34. The lowest BCUT2D eigenvalue weighted by molar-refractivity contribution is -0.158. The van der Waals surface area contributed by atoms with E-state index in [0.29, 0.717) is 6.42 Å². The molecule has 0 rings (SSSR count). The first-order chi connectivity index (χ1) is 10.3. The van der Waals surface area contributed by atoms with Crippen LogP contribution in [0.3, 0.4) is 0 Å². The number of halogens is 4. The van der Waals surface area contributed by atoms with Gasteiger partial charge >= 0.3 is 6.18 Å². The van der Waals surface area contributed by atoms with Crippen LogP contribution in [0.15, 0.2) is 11.8 Å². The van der Waals surface area contributed by atoms with Gasteiger partial charge in [0, 0.05) is 17.4 Å².